The van der Waals surface area contributed by atoms with Crippen LogP contribution in [0.1, 0.15) is 22.8 Å². The molecule has 0 fully saturated rings. The van der Waals surface area contributed by atoms with Crippen LogP contribution in [0.25, 0.3) is 27.6 Å². The number of hydrogen-bond donors (Lipinski definition) is 2. The van der Waals surface area contributed by atoms with Crippen LogP contribution in [0.3, 0.4) is 0 Å². The van der Waals surface area contributed by atoms with Crippen LogP contribution in [0.5, 0.6) is 0 Å². The van der Waals surface area contributed by atoms with Crippen LogP contribution in [-0.4, -0.2) is 16.3 Å². The van der Waals surface area contributed by atoms with Gasteiger partial charge in [-0.1, -0.05) is 54.6 Å². The van der Waals surface area contributed by atoms with Crippen molar-refractivity contribution in [2.24, 2.45) is 0 Å². The molecule has 0 heterocycles. The molecule has 0 spiro atoms. The summed E-state index contributed by atoms with van der Waals surface area (Å²) in [4.78, 5) is 0. The van der Waals surface area contributed by atoms with E-state index in [4.69, 9.17) is 0 Å². The molecule has 4 rings (SSSR count). The summed E-state index contributed by atoms with van der Waals surface area (Å²) in [7, 11) is 0. The van der Waals surface area contributed by atoms with E-state index in [1.165, 1.54) is 21.7 Å². The summed E-state index contributed by atoms with van der Waals surface area (Å²) in [6, 6.07) is 14.5. The van der Waals surface area contributed by atoms with Gasteiger partial charge in [-0.25, -0.2) is 0 Å². The predicted octanol–water partition coefficient (Wildman–Crippen LogP) is 3.72. The fourth-order valence-electron chi connectivity index (χ4n) is 3.38. The standard InChI is InChI=1S/C19H16O2/c1-11-10-12-4-2-3-5-13(12)14-6-7-16-15(18(11)14)8-9-17(20)19(16)21/h2-10,17,19-21H,1H3/t17-,19-/m0/s1. The molecular formula is C19H16O2. The molecule has 0 aliphatic heterocycles. The van der Waals surface area contributed by atoms with Gasteiger partial charge in [0.2, 0.25) is 0 Å². The van der Waals surface area contributed by atoms with Crippen LogP contribution in [0.15, 0.2) is 48.5 Å². The molecule has 0 bridgehead atoms. The number of rotatable bonds is 0. The minimum atomic E-state index is -0.847. The lowest BCUT2D eigenvalue weighted by Gasteiger charge is -2.24. The highest BCUT2D eigenvalue weighted by Gasteiger charge is 2.24. The van der Waals surface area contributed by atoms with E-state index in [0.29, 0.717) is 0 Å². The Labute approximate surface area is 123 Å². The lowest BCUT2D eigenvalue weighted by Crippen LogP contribution is -2.19. The normalized spacial score (nSPS) is 20.9. The SMILES string of the molecule is Cc1cc2ccccc2c2ccc3c(c12)C=C[C@H](O)[C@H]3O. The lowest BCUT2D eigenvalue weighted by molar-refractivity contribution is 0.0471. The van der Waals surface area contributed by atoms with Crippen molar-refractivity contribution in [2.75, 3.05) is 0 Å². The fraction of sp³-hybridized carbons (Fsp3) is 0.158. The van der Waals surface area contributed by atoms with Crippen LogP contribution >= 0.6 is 0 Å². The Balaban J connectivity index is 2.18. The van der Waals surface area contributed by atoms with Gasteiger partial charge in [-0.3, -0.25) is 0 Å². The Kier molecular flexibility index (Phi) is 2.64. The highest BCUT2D eigenvalue weighted by Crippen LogP contribution is 2.37. The molecule has 2 heteroatoms. The van der Waals surface area contributed by atoms with Crippen molar-refractivity contribution in [3.8, 4) is 0 Å². The second-order valence-electron chi connectivity index (χ2n) is 5.70. The van der Waals surface area contributed by atoms with Crippen molar-refractivity contribution in [3.63, 3.8) is 0 Å². The van der Waals surface area contributed by atoms with E-state index < -0.39 is 12.2 Å². The summed E-state index contributed by atoms with van der Waals surface area (Å²) in [5.74, 6) is 0. The van der Waals surface area contributed by atoms with Crippen molar-refractivity contribution in [2.45, 2.75) is 19.1 Å². The van der Waals surface area contributed by atoms with E-state index >= 15 is 0 Å². The highest BCUT2D eigenvalue weighted by atomic mass is 16.3. The number of hydrogen-bond acceptors (Lipinski definition) is 2. The van der Waals surface area contributed by atoms with E-state index in [2.05, 4.69) is 31.2 Å². The molecule has 1 aliphatic carbocycles. The Morgan fingerprint density at radius 2 is 1.76 bits per heavy atom. The van der Waals surface area contributed by atoms with Crippen molar-refractivity contribution < 1.29 is 10.2 Å². The van der Waals surface area contributed by atoms with Gasteiger partial charge in [0, 0.05) is 0 Å². The van der Waals surface area contributed by atoms with Crippen molar-refractivity contribution in [1.82, 2.24) is 0 Å². The first-order chi connectivity index (χ1) is 10.2. The average Bonchev–Trinajstić information content (AvgIpc) is 2.50. The molecule has 1 aliphatic rings. The van der Waals surface area contributed by atoms with Gasteiger partial charge in [0.15, 0.2) is 0 Å². The Morgan fingerprint density at radius 1 is 0.952 bits per heavy atom. The third-order valence-electron chi connectivity index (χ3n) is 4.40. The summed E-state index contributed by atoms with van der Waals surface area (Å²) >= 11 is 0. The summed E-state index contributed by atoms with van der Waals surface area (Å²) in [5.41, 5.74) is 3.01. The molecule has 0 unspecified atom stereocenters. The molecule has 0 amide bonds. The number of aliphatic hydroxyl groups is 2. The molecule has 0 aromatic heterocycles. The van der Waals surface area contributed by atoms with E-state index in [1.807, 2.05) is 24.3 Å². The van der Waals surface area contributed by atoms with E-state index in [9.17, 15) is 10.2 Å². The molecule has 3 aromatic rings. The van der Waals surface area contributed by atoms with Gasteiger partial charge >= 0.3 is 0 Å². The second-order valence-corrected chi connectivity index (χ2v) is 5.70. The molecule has 21 heavy (non-hydrogen) atoms. The van der Waals surface area contributed by atoms with Gasteiger partial charge in [0.1, 0.15) is 12.2 Å². The van der Waals surface area contributed by atoms with Crippen molar-refractivity contribution in [1.29, 1.82) is 0 Å². The van der Waals surface area contributed by atoms with Crippen LogP contribution in [0, 0.1) is 6.92 Å². The van der Waals surface area contributed by atoms with Gasteiger partial charge in [-0.15, -0.1) is 0 Å². The maximum absolute atomic E-state index is 10.2. The highest BCUT2D eigenvalue weighted by molar-refractivity contribution is 6.11. The molecule has 0 saturated carbocycles. The maximum Gasteiger partial charge on any atom is 0.109 e. The predicted molar refractivity (Wildman–Crippen MR) is 86.2 cm³/mol. The van der Waals surface area contributed by atoms with Crippen LogP contribution in [0.4, 0.5) is 0 Å². The summed E-state index contributed by atoms with van der Waals surface area (Å²) in [5, 5.41) is 24.8. The average molecular weight is 276 g/mol. The van der Waals surface area contributed by atoms with Crippen molar-refractivity contribution >= 4 is 27.6 Å². The largest absolute Gasteiger partial charge is 0.386 e. The molecule has 0 radical (unpaired) electrons. The van der Waals surface area contributed by atoms with Gasteiger partial charge in [0.25, 0.3) is 0 Å². The number of aryl methyl sites for hydroxylation is 1. The zero-order chi connectivity index (χ0) is 14.6. The zero-order valence-corrected chi connectivity index (χ0v) is 11.7. The first-order valence-electron chi connectivity index (χ1n) is 7.16. The lowest BCUT2D eigenvalue weighted by atomic mass is 9.86. The summed E-state index contributed by atoms with van der Waals surface area (Å²) in [6.07, 6.45) is 1.92. The van der Waals surface area contributed by atoms with Gasteiger partial charge in [-0.05, 0) is 45.2 Å². The van der Waals surface area contributed by atoms with Crippen molar-refractivity contribution in [3.05, 3.63) is 65.2 Å². The van der Waals surface area contributed by atoms with Crippen LogP contribution < -0.4 is 0 Å². The maximum atomic E-state index is 10.2. The minimum absolute atomic E-state index is 0.802. The van der Waals surface area contributed by atoms with Gasteiger partial charge < -0.3 is 10.2 Å². The smallest absolute Gasteiger partial charge is 0.109 e. The monoisotopic (exact) mass is 276 g/mol. The van der Waals surface area contributed by atoms with E-state index in [0.717, 1.165) is 16.5 Å². The van der Waals surface area contributed by atoms with E-state index in [1.54, 1.807) is 6.08 Å². The quantitative estimate of drug-likeness (QED) is 0.614. The number of benzene rings is 3. The molecule has 104 valence electrons. The third-order valence-corrected chi connectivity index (χ3v) is 4.40. The molecular weight excluding hydrogens is 260 g/mol. The Bertz CT molecular complexity index is 893. The number of fused-ring (bicyclic) bond motifs is 5. The molecule has 2 N–H and O–H groups in total. The first-order valence-corrected chi connectivity index (χ1v) is 7.16. The molecule has 2 atom stereocenters. The minimum Gasteiger partial charge on any atom is -0.386 e. The zero-order valence-electron chi connectivity index (χ0n) is 11.7. The summed E-state index contributed by atoms with van der Waals surface area (Å²) in [6.45, 7) is 2.10. The van der Waals surface area contributed by atoms with Gasteiger partial charge in [-0.2, -0.15) is 0 Å². The summed E-state index contributed by atoms with van der Waals surface area (Å²) < 4.78 is 0. The number of aliphatic hydroxyl groups excluding tert-OH is 2. The third kappa shape index (κ3) is 1.73. The Hall–Kier alpha value is -2.16. The van der Waals surface area contributed by atoms with Crippen LogP contribution in [0.2, 0.25) is 0 Å². The fourth-order valence-corrected chi connectivity index (χ4v) is 3.38. The molecule has 3 aromatic carbocycles. The molecule has 0 saturated heterocycles. The van der Waals surface area contributed by atoms with Gasteiger partial charge in [0.05, 0.1) is 0 Å². The first kappa shape index (κ1) is 12.6. The Morgan fingerprint density at radius 3 is 2.62 bits per heavy atom. The second kappa shape index (κ2) is 4.42. The van der Waals surface area contributed by atoms with E-state index in [-0.39, 0.29) is 0 Å². The van der Waals surface area contributed by atoms with Crippen LogP contribution in [-0.2, 0) is 0 Å². The molecule has 2 nitrogen and oxygen atoms in total. The topological polar surface area (TPSA) is 40.5 Å².